The molecule has 0 aliphatic heterocycles. The highest BCUT2D eigenvalue weighted by Gasteiger charge is 2.19. The SMILES string of the molecule is CC/C=C\C/C=C\C/C=C\C/C=C\C/C=C\CCCC(=O)OC(COC(=O)CCCCCCCCCCC/C=C\CCCCCCCC)COC(=O)CCCCCCCCCCCCCCC. The lowest BCUT2D eigenvalue weighted by atomic mass is 10.0. The topological polar surface area (TPSA) is 78.9 Å². The second kappa shape index (κ2) is 55.4. The molecule has 0 bridgehead atoms. The van der Waals surface area contributed by atoms with Crippen molar-refractivity contribution < 1.29 is 28.6 Å². The van der Waals surface area contributed by atoms with E-state index in [1.165, 1.54) is 154 Å². The highest BCUT2D eigenvalue weighted by molar-refractivity contribution is 5.71. The van der Waals surface area contributed by atoms with Crippen molar-refractivity contribution in [3.63, 3.8) is 0 Å². The predicted molar refractivity (Wildman–Crippen MR) is 288 cm³/mol. The molecule has 0 fully saturated rings. The Bertz CT molecular complexity index is 1260. The molecular formula is C61H106O6. The number of esters is 3. The summed E-state index contributed by atoms with van der Waals surface area (Å²) < 4.78 is 16.8. The first-order chi connectivity index (χ1) is 33.0. The van der Waals surface area contributed by atoms with Crippen molar-refractivity contribution >= 4 is 17.9 Å². The van der Waals surface area contributed by atoms with Gasteiger partial charge in [-0.1, -0.05) is 248 Å². The van der Waals surface area contributed by atoms with Crippen LogP contribution in [0.2, 0.25) is 0 Å². The van der Waals surface area contributed by atoms with Crippen LogP contribution in [0.25, 0.3) is 0 Å². The smallest absolute Gasteiger partial charge is 0.306 e. The minimum absolute atomic E-state index is 0.0962. The largest absolute Gasteiger partial charge is 0.462 e. The molecule has 0 amide bonds. The fraction of sp³-hybridized carbons (Fsp3) is 0.754. The lowest BCUT2D eigenvalue weighted by molar-refractivity contribution is -0.167. The van der Waals surface area contributed by atoms with Crippen LogP contribution < -0.4 is 0 Å². The average Bonchev–Trinajstić information content (AvgIpc) is 3.33. The Morgan fingerprint density at radius 3 is 0.970 bits per heavy atom. The van der Waals surface area contributed by atoms with Gasteiger partial charge < -0.3 is 14.2 Å². The Hall–Kier alpha value is -3.15. The number of carbonyl (C=O) groups is 3. The zero-order valence-corrected chi connectivity index (χ0v) is 44.2. The van der Waals surface area contributed by atoms with Gasteiger partial charge in [0, 0.05) is 19.3 Å². The van der Waals surface area contributed by atoms with Crippen molar-refractivity contribution in [1.29, 1.82) is 0 Å². The first-order valence-electron chi connectivity index (χ1n) is 28.4. The van der Waals surface area contributed by atoms with Gasteiger partial charge in [-0.15, -0.1) is 0 Å². The van der Waals surface area contributed by atoms with Crippen LogP contribution >= 0.6 is 0 Å². The van der Waals surface area contributed by atoms with Crippen molar-refractivity contribution in [2.24, 2.45) is 0 Å². The first-order valence-corrected chi connectivity index (χ1v) is 28.4. The molecule has 0 radical (unpaired) electrons. The van der Waals surface area contributed by atoms with Gasteiger partial charge in [-0.2, -0.15) is 0 Å². The Labute approximate surface area is 414 Å². The Morgan fingerprint density at radius 1 is 0.313 bits per heavy atom. The van der Waals surface area contributed by atoms with E-state index in [1.54, 1.807) is 0 Å². The highest BCUT2D eigenvalue weighted by atomic mass is 16.6. The van der Waals surface area contributed by atoms with Crippen molar-refractivity contribution in [2.45, 2.75) is 284 Å². The summed E-state index contributed by atoms with van der Waals surface area (Å²) in [5, 5.41) is 0. The normalized spacial score (nSPS) is 12.6. The first kappa shape index (κ1) is 63.8. The molecule has 67 heavy (non-hydrogen) atoms. The molecule has 6 heteroatoms. The summed E-state index contributed by atoms with van der Waals surface area (Å²) in [5.74, 6) is -0.949. The summed E-state index contributed by atoms with van der Waals surface area (Å²) in [4.78, 5) is 38.1. The molecule has 0 heterocycles. The molecule has 6 nitrogen and oxygen atoms in total. The fourth-order valence-electron chi connectivity index (χ4n) is 7.94. The molecule has 0 rings (SSSR count). The zero-order chi connectivity index (χ0) is 48.6. The van der Waals surface area contributed by atoms with Crippen LogP contribution in [0, 0.1) is 0 Å². The minimum atomic E-state index is -0.804. The minimum Gasteiger partial charge on any atom is -0.462 e. The van der Waals surface area contributed by atoms with Gasteiger partial charge in [-0.25, -0.2) is 0 Å². The quantitative estimate of drug-likeness (QED) is 0.0262. The molecule has 0 N–H and O–H groups in total. The van der Waals surface area contributed by atoms with Gasteiger partial charge in [-0.3, -0.25) is 14.4 Å². The van der Waals surface area contributed by atoms with E-state index in [1.807, 2.05) is 0 Å². The maximum Gasteiger partial charge on any atom is 0.306 e. The van der Waals surface area contributed by atoms with E-state index in [0.29, 0.717) is 19.3 Å². The van der Waals surface area contributed by atoms with E-state index in [-0.39, 0.29) is 37.5 Å². The van der Waals surface area contributed by atoms with Gasteiger partial charge in [0.05, 0.1) is 0 Å². The lowest BCUT2D eigenvalue weighted by Crippen LogP contribution is -2.30. The van der Waals surface area contributed by atoms with Crippen molar-refractivity contribution in [2.75, 3.05) is 13.2 Å². The molecule has 0 saturated heterocycles. The van der Waals surface area contributed by atoms with Crippen LogP contribution in [0.4, 0.5) is 0 Å². The number of unbranched alkanes of at least 4 members (excludes halogenated alkanes) is 28. The van der Waals surface area contributed by atoms with E-state index in [2.05, 4.69) is 93.7 Å². The monoisotopic (exact) mass is 935 g/mol. The summed E-state index contributed by atoms with van der Waals surface area (Å²) >= 11 is 0. The van der Waals surface area contributed by atoms with Gasteiger partial charge in [0.25, 0.3) is 0 Å². The number of hydrogen-bond donors (Lipinski definition) is 0. The second-order valence-electron chi connectivity index (χ2n) is 18.8. The van der Waals surface area contributed by atoms with Crippen molar-refractivity contribution in [3.05, 3.63) is 72.9 Å². The molecule has 0 spiro atoms. The zero-order valence-electron chi connectivity index (χ0n) is 44.2. The maximum absolute atomic E-state index is 12.8. The number of ether oxygens (including phenoxy) is 3. The number of carbonyl (C=O) groups excluding carboxylic acids is 3. The van der Waals surface area contributed by atoms with Crippen LogP contribution in [0.3, 0.4) is 0 Å². The van der Waals surface area contributed by atoms with Crippen LogP contribution in [0.5, 0.6) is 0 Å². The third kappa shape index (κ3) is 53.7. The van der Waals surface area contributed by atoms with E-state index in [9.17, 15) is 14.4 Å². The van der Waals surface area contributed by atoms with E-state index >= 15 is 0 Å². The Balaban J connectivity index is 4.43. The van der Waals surface area contributed by atoms with Gasteiger partial charge in [0.15, 0.2) is 6.10 Å². The number of hydrogen-bond acceptors (Lipinski definition) is 6. The van der Waals surface area contributed by atoms with E-state index in [0.717, 1.165) is 77.0 Å². The van der Waals surface area contributed by atoms with Gasteiger partial charge >= 0.3 is 17.9 Å². The molecule has 386 valence electrons. The van der Waals surface area contributed by atoms with Crippen LogP contribution in [0.15, 0.2) is 72.9 Å². The fourth-order valence-corrected chi connectivity index (χ4v) is 7.94. The van der Waals surface area contributed by atoms with Gasteiger partial charge in [0.2, 0.25) is 0 Å². The van der Waals surface area contributed by atoms with Crippen molar-refractivity contribution in [3.8, 4) is 0 Å². The summed E-state index contributed by atoms with van der Waals surface area (Å²) in [6, 6.07) is 0. The molecule has 0 aromatic carbocycles. The van der Waals surface area contributed by atoms with Crippen LogP contribution in [0.1, 0.15) is 278 Å². The summed E-state index contributed by atoms with van der Waals surface area (Å²) in [6.07, 6.45) is 70.4. The third-order valence-electron chi connectivity index (χ3n) is 12.2. The van der Waals surface area contributed by atoms with Crippen LogP contribution in [-0.2, 0) is 28.6 Å². The Morgan fingerprint density at radius 2 is 0.597 bits per heavy atom. The lowest BCUT2D eigenvalue weighted by Gasteiger charge is -2.18. The highest BCUT2D eigenvalue weighted by Crippen LogP contribution is 2.15. The number of allylic oxidation sites excluding steroid dienone is 12. The molecule has 1 unspecified atom stereocenters. The molecule has 0 aliphatic rings. The third-order valence-corrected chi connectivity index (χ3v) is 12.2. The molecule has 0 aromatic rings. The Kier molecular flexibility index (Phi) is 52.8. The summed E-state index contributed by atoms with van der Waals surface area (Å²) in [6.45, 7) is 6.49. The van der Waals surface area contributed by atoms with E-state index < -0.39 is 6.10 Å². The summed E-state index contributed by atoms with van der Waals surface area (Å²) in [5.41, 5.74) is 0. The summed E-state index contributed by atoms with van der Waals surface area (Å²) in [7, 11) is 0. The second-order valence-corrected chi connectivity index (χ2v) is 18.8. The molecule has 0 aromatic heterocycles. The number of rotatable bonds is 51. The maximum atomic E-state index is 12.8. The molecular weight excluding hydrogens is 829 g/mol. The van der Waals surface area contributed by atoms with Crippen LogP contribution in [-0.4, -0.2) is 37.2 Å². The van der Waals surface area contributed by atoms with Crippen molar-refractivity contribution in [1.82, 2.24) is 0 Å². The molecule has 0 aliphatic carbocycles. The molecule has 0 saturated carbocycles. The van der Waals surface area contributed by atoms with E-state index in [4.69, 9.17) is 14.2 Å². The predicted octanol–water partition coefficient (Wildman–Crippen LogP) is 19.0. The molecule has 1 atom stereocenters. The average molecular weight is 936 g/mol. The standard InChI is InChI=1S/C61H106O6/c1-4-7-10-13-16-19-22-25-27-29-30-32-33-36-39-42-45-48-51-54-60(63)66-57-58(56-65-59(62)53-50-47-44-41-38-35-24-21-18-15-12-9-6-3)67-61(64)55-52-49-46-43-40-37-34-31-28-26-23-20-17-14-11-8-5-2/h8,11,17,20,25-28,34,37,43,46,58H,4-7,9-10,12-16,18-19,21-24,29-33,35-36,38-42,44-45,47-57H2,1-3H3/b11-8-,20-17-,27-25-,28-26-,37-34-,46-43-. The van der Waals surface area contributed by atoms with Gasteiger partial charge in [0.1, 0.15) is 13.2 Å². The van der Waals surface area contributed by atoms with Gasteiger partial charge in [-0.05, 0) is 83.5 Å².